The lowest BCUT2D eigenvalue weighted by atomic mass is 10.0. The molecule has 1 N–H and O–H groups in total. The zero-order chi connectivity index (χ0) is 31.7. The summed E-state index contributed by atoms with van der Waals surface area (Å²) in [4.78, 5) is 29.9. The summed E-state index contributed by atoms with van der Waals surface area (Å²) in [5.74, 6) is -0.786. The summed E-state index contributed by atoms with van der Waals surface area (Å²) >= 11 is 5.61. The zero-order valence-corrected chi connectivity index (χ0v) is 29.1. The number of anilines is 1. The van der Waals surface area contributed by atoms with Gasteiger partial charge in [0.15, 0.2) is 0 Å². The molecular weight excluding hydrogens is 753 g/mol. The van der Waals surface area contributed by atoms with Crippen LogP contribution in [0, 0.1) is 3.57 Å². The van der Waals surface area contributed by atoms with Gasteiger partial charge in [0.2, 0.25) is 11.8 Å². The number of nitrogens with one attached hydrogen (secondary N) is 1. The van der Waals surface area contributed by atoms with E-state index < -0.39 is 28.5 Å². The summed E-state index contributed by atoms with van der Waals surface area (Å²) in [5.41, 5.74) is 2.05. The summed E-state index contributed by atoms with van der Waals surface area (Å²) in [6.45, 7) is 3.53. The van der Waals surface area contributed by atoms with Gasteiger partial charge >= 0.3 is 0 Å². The molecule has 0 aliphatic rings. The van der Waals surface area contributed by atoms with Crippen LogP contribution in [-0.4, -0.2) is 43.8 Å². The van der Waals surface area contributed by atoms with Gasteiger partial charge in [0.05, 0.1) is 10.6 Å². The average molecular weight is 789 g/mol. The van der Waals surface area contributed by atoms with Gasteiger partial charge < -0.3 is 10.2 Å². The van der Waals surface area contributed by atoms with E-state index in [1.807, 2.05) is 68.4 Å². The van der Waals surface area contributed by atoms with Crippen LogP contribution in [-0.2, 0) is 32.6 Å². The molecule has 0 aromatic heterocycles. The van der Waals surface area contributed by atoms with Crippen LogP contribution in [0.4, 0.5) is 5.69 Å². The molecule has 0 bridgehead atoms. The van der Waals surface area contributed by atoms with Gasteiger partial charge in [0, 0.05) is 27.1 Å². The van der Waals surface area contributed by atoms with Gasteiger partial charge in [0.1, 0.15) is 12.6 Å². The van der Waals surface area contributed by atoms with Crippen LogP contribution >= 0.6 is 38.5 Å². The maximum atomic E-state index is 14.5. The van der Waals surface area contributed by atoms with Crippen molar-refractivity contribution in [1.29, 1.82) is 0 Å². The first kappa shape index (κ1) is 33.7. The monoisotopic (exact) mass is 787 g/mol. The number of hydrogen-bond acceptors (Lipinski definition) is 4. The fourth-order valence-electron chi connectivity index (χ4n) is 4.64. The number of benzene rings is 4. The fourth-order valence-corrected chi connectivity index (χ4v) is 6.70. The summed E-state index contributed by atoms with van der Waals surface area (Å²) in [6, 6.07) is 31.1. The van der Waals surface area contributed by atoms with E-state index in [0.29, 0.717) is 5.69 Å². The first-order valence-electron chi connectivity index (χ1n) is 14.3. The van der Waals surface area contributed by atoms with Crippen molar-refractivity contribution in [2.24, 2.45) is 0 Å². The van der Waals surface area contributed by atoms with Crippen molar-refractivity contribution in [3.63, 3.8) is 0 Å². The molecule has 7 nitrogen and oxygen atoms in total. The van der Waals surface area contributed by atoms with Gasteiger partial charge in [-0.25, -0.2) is 8.42 Å². The van der Waals surface area contributed by atoms with E-state index >= 15 is 0 Å². The van der Waals surface area contributed by atoms with Crippen molar-refractivity contribution in [2.45, 2.75) is 50.2 Å². The molecule has 0 spiro atoms. The van der Waals surface area contributed by atoms with E-state index in [1.165, 1.54) is 17.0 Å². The van der Waals surface area contributed by atoms with E-state index in [9.17, 15) is 18.0 Å². The molecule has 4 rings (SSSR count). The topological polar surface area (TPSA) is 86.8 Å². The molecule has 2 atom stereocenters. The molecule has 0 fully saturated rings. The highest BCUT2D eigenvalue weighted by Crippen LogP contribution is 2.26. The Morgan fingerprint density at radius 3 is 2.02 bits per heavy atom. The van der Waals surface area contributed by atoms with Crippen LogP contribution < -0.4 is 9.62 Å². The highest BCUT2D eigenvalue weighted by Gasteiger charge is 2.35. The van der Waals surface area contributed by atoms with Crippen molar-refractivity contribution >= 4 is 66.0 Å². The largest absolute Gasteiger partial charge is 0.352 e. The van der Waals surface area contributed by atoms with Crippen LogP contribution in [0.5, 0.6) is 0 Å². The van der Waals surface area contributed by atoms with Crippen molar-refractivity contribution in [3.05, 3.63) is 128 Å². The second-order valence-electron chi connectivity index (χ2n) is 10.5. The minimum Gasteiger partial charge on any atom is -0.352 e. The van der Waals surface area contributed by atoms with E-state index in [0.717, 1.165) is 29.9 Å². The quantitative estimate of drug-likeness (QED) is 0.151. The lowest BCUT2D eigenvalue weighted by Crippen LogP contribution is -2.54. The van der Waals surface area contributed by atoms with E-state index in [1.54, 1.807) is 42.5 Å². The molecule has 10 heteroatoms. The average Bonchev–Trinajstić information content (AvgIpc) is 3.03. The Kier molecular flexibility index (Phi) is 12.0. The number of sulfonamides is 1. The van der Waals surface area contributed by atoms with Gasteiger partial charge in [-0.15, -0.1) is 0 Å². The highest BCUT2D eigenvalue weighted by atomic mass is 127. The molecular formula is C34H35BrIN3O4S. The fraction of sp³-hybridized carbons (Fsp3) is 0.235. The van der Waals surface area contributed by atoms with Crippen molar-refractivity contribution < 1.29 is 18.0 Å². The van der Waals surface area contributed by atoms with E-state index in [-0.39, 0.29) is 29.8 Å². The van der Waals surface area contributed by atoms with Crippen LogP contribution in [0.3, 0.4) is 0 Å². The number of carbonyl (C=O) groups excluding carboxylic acids is 2. The summed E-state index contributed by atoms with van der Waals surface area (Å²) < 4.78 is 31.0. The van der Waals surface area contributed by atoms with Crippen LogP contribution in [0.1, 0.15) is 31.4 Å². The lowest BCUT2D eigenvalue weighted by molar-refractivity contribution is -0.140. The molecule has 0 saturated carbocycles. The Bertz CT molecular complexity index is 1640. The molecule has 44 heavy (non-hydrogen) atoms. The molecule has 0 saturated heterocycles. The SMILES string of the molecule is CC[C@H](C)NC(=O)[C@@H](Cc1ccccc1)N(Cc1ccc(Br)cc1)C(=O)CN(c1ccc(I)cc1)S(=O)(=O)c1ccccc1. The van der Waals surface area contributed by atoms with Gasteiger partial charge in [-0.05, 0) is 95.6 Å². The maximum Gasteiger partial charge on any atom is 0.264 e. The lowest BCUT2D eigenvalue weighted by Gasteiger charge is -2.34. The molecule has 0 unspecified atom stereocenters. The third kappa shape index (κ3) is 8.92. The summed E-state index contributed by atoms with van der Waals surface area (Å²) in [7, 11) is -4.13. The normalized spacial score (nSPS) is 12.6. The Balaban J connectivity index is 1.79. The molecule has 0 aliphatic heterocycles. The van der Waals surface area contributed by atoms with Crippen molar-refractivity contribution in [3.8, 4) is 0 Å². The minimum absolute atomic E-state index is 0.0705. The Morgan fingerprint density at radius 2 is 1.43 bits per heavy atom. The molecule has 230 valence electrons. The first-order chi connectivity index (χ1) is 21.1. The number of amides is 2. The van der Waals surface area contributed by atoms with Gasteiger partial charge in [-0.1, -0.05) is 83.5 Å². The highest BCUT2D eigenvalue weighted by molar-refractivity contribution is 14.1. The second kappa shape index (κ2) is 15.7. The molecule has 4 aromatic rings. The van der Waals surface area contributed by atoms with Gasteiger partial charge in [0.25, 0.3) is 10.0 Å². The zero-order valence-electron chi connectivity index (χ0n) is 24.6. The molecule has 4 aromatic carbocycles. The van der Waals surface area contributed by atoms with Gasteiger partial charge in [-0.3, -0.25) is 13.9 Å². The molecule has 0 heterocycles. The predicted molar refractivity (Wildman–Crippen MR) is 187 cm³/mol. The second-order valence-corrected chi connectivity index (χ2v) is 14.5. The van der Waals surface area contributed by atoms with Crippen LogP contribution in [0.25, 0.3) is 0 Å². The predicted octanol–water partition coefficient (Wildman–Crippen LogP) is 6.80. The number of halogens is 2. The first-order valence-corrected chi connectivity index (χ1v) is 17.6. The number of nitrogens with zero attached hydrogens (tertiary/aromatic N) is 2. The van der Waals surface area contributed by atoms with Crippen LogP contribution in [0.15, 0.2) is 119 Å². The standard InChI is InChI=1S/C34H35BrIN3O4S/c1-3-25(2)37-34(41)32(22-26-10-6-4-7-11-26)38(23-27-14-16-28(35)17-15-27)33(40)24-39(30-20-18-29(36)19-21-30)44(42,43)31-12-8-5-9-13-31/h4-21,25,32H,3,22-24H2,1-2H3,(H,37,41)/t25-,32+/m0/s1. The maximum absolute atomic E-state index is 14.5. The third-order valence-electron chi connectivity index (χ3n) is 7.26. The number of hydrogen-bond donors (Lipinski definition) is 1. The van der Waals surface area contributed by atoms with Crippen molar-refractivity contribution in [2.75, 3.05) is 10.8 Å². The van der Waals surface area contributed by atoms with Gasteiger partial charge in [-0.2, -0.15) is 0 Å². The smallest absolute Gasteiger partial charge is 0.264 e. The third-order valence-corrected chi connectivity index (χ3v) is 10.3. The van der Waals surface area contributed by atoms with Crippen LogP contribution in [0.2, 0.25) is 0 Å². The van der Waals surface area contributed by atoms with E-state index in [4.69, 9.17) is 0 Å². The molecule has 2 amide bonds. The van der Waals surface area contributed by atoms with E-state index in [2.05, 4.69) is 43.8 Å². The molecule has 0 aliphatic carbocycles. The minimum atomic E-state index is -4.13. The summed E-state index contributed by atoms with van der Waals surface area (Å²) in [5, 5.41) is 3.05. The Hall–Kier alpha value is -3.22. The summed E-state index contributed by atoms with van der Waals surface area (Å²) in [6.07, 6.45) is 0.987. The molecule has 0 radical (unpaired) electrons. The van der Waals surface area contributed by atoms with Crippen molar-refractivity contribution in [1.82, 2.24) is 10.2 Å². The number of rotatable bonds is 13. The Morgan fingerprint density at radius 1 is 0.841 bits per heavy atom. The number of carbonyl (C=O) groups is 2. The Labute approximate surface area is 282 Å².